The van der Waals surface area contributed by atoms with Crippen molar-refractivity contribution in [2.45, 2.75) is 0 Å². The van der Waals surface area contributed by atoms with Gasteiger partial charge in [0.1, 0.15) is 5.82 Å². The van der Waals surface area contributed by atoms with Crippen LogP contribution in [0.2, 0.25) is 0 Å². The van der Waals surface area contributed by atoms with Gasteiger partial charge in [-0.25, -0.2) is 4.39 Å². The molecule has 10 nitrogen and oxygen atoms in total. The number of hydrogen-bond acceptors (Lipinski definition) is 9. The van der Waals surface area contributed by atoms with Crippen LogP contribution in [0.15, 0.2) is 60.7 Å². The number of anilines is 4. The molecule has 1 saturated heterocycles. The lowest BCUT2D eigenvalue weighted by atomic mass is 9.95. The van der Waals surface area contributed by atoms with Gasteiger partial charge in [-0.3, -0.25) is 15.0 Å². The molecule has 2 amide bonds. The van der Waals surface area contributed by atoms with Crippen LogP contribution in [0.1, 0.15) is 20.7 Å². The third-order valence-electron chi connectivity index (χ3n) is 6.00. The van der Waals surface area contributed by atoms with Gasteiger partial charge >= 0.3 is 0 Å². The second-order valence-corrected chi connectivity index (χ2v) is 8.28. The summed E-state index contributed by atoms with van der Waals surface area (Å²) in [7, 11) is 0. The van der Waals surface area contributed by atoms with Crippen molar-refractivity contribution in [3.63, 3.8) is 0 Å². The van der Waals surface area contributed by atoms with Crippen molar-refractivity contribution in [3.8, 4) is 0 Å². The molecule has 0 atom stereocenters. The smallest absolute Gasteiger partial charge is 0.280 e. The van der Waals surface area contributed by atoms with Crippen molar-refractivity contribution >= 4 is 46.1 Å². The molecule has 180 valence electrons. The van der Waals surface area contributed by atoms with Crippen LogP contribution >= 0.6 is 0 Å². The zero-order chi connectivity index (χ0) is 24.6. The summed E-state index contributed by atoms with van der Waals surface area (Å²) in [5, 5.41) is 5.37. The van der Waals surface area contributed by atoms with Crippen LogP contribution in [-0.2, 0) is 4.74 Å². The van der Waals surface area contributed by atoms with E-state index in [1.54, 1.807) is 36.4 Å². The minimum absolute atomic E-state index is 0.00404. The van der Waals surface area contributed by atoms with E-state index in [9.17, 15) is 14.0 Å². The number of morpholine rings is 1. The Morgan fingerprint density at radius 1 is 0.806 bits per heavy atom. The molecule has 2 aliphatic rings. The summed E-state index contributed by atoms with van der Waals surface area (Å²) in [6.45, 7) is 2.16. The van der Waals surface area contributed by atoms with E-state index in [1.807, 2.05) is 17.0 Å². The van der Waals surface area contributed by atoms with Gasteiger partial charge in [0.2, 0.25) is 17.8 Å². The molecule has 11 heteroatoms. The normalized spacial score (nSPS) is 15.4. The van der Waals surface area contributed by atoms with E-state index in [2.05, 4.69) is 25.7 Å². The van der Waals surface area contributed by atoms with Crippen molar-refractivity contribution in [1.29, 1.82) is 0 Å². The maximum atomic E-state index is 13.4. The fraction of sp³-hybridized carbons (Fsp3) is 0.160. The molecule has 1 fully saturated rings. The highest BCUT2D eigenvalue weighted by Gasteiger charge is 2.34. The largest absolute Gasteiger partial charge is 0.378 e. The van der Waals surface area contributed by atoms with Gasteiger partial charge in [0.25, 0.3) is 11.8 Å². The second kappa shape index (κ2) is 8.86. The number of halogens is 1. The lowest BCUT2D eigenvalue weighted by Crippen LogP contribution is -2.45. The molecule has 0 aliphatic carbocycles. The Morgan fingerprint density at radius 2 is 1.44 bits per heavy atom. The van der Waals surface area contributed by atoms with Crippen molar-refractivity contribution < 1.29 is 18.7 Å². The number of ether oxygens (including phenoxy) is 1. The van der Waals surface area contributed by atoms with Crippen molar-refractivity contribution in [2.75, 3.05) is 41.9 Å². The Hall–Kier alpha value is -4.64. The molecule has 1 aromatic heterocycles. The van der Waals surface area contributed by atoms with Gasteiger partial charge in [-0.2, -0.15) is 20.0 Å². The predicted molar refractivity (Wildman–Crippen MR) is 131 cm³/mol. The number of hydrogen-bond donors (Lipinski definition) is 2. The summed E-state index contributed by atoms with van der Waals surface area (Å²) < 4.78 is 18.8. The molecule has 36 heavy (non-hydrogen) atoms. The number of benzene rings is 3. The molecular weight excluding hydrogens is 465 g/mol. The number of amides is 2. The Morgan fingerprint density at radius 3 is 2.11 bits per heavy atom. The number of carbonyl (C=O) groups excluding carboxylic acids is 2. The van der Waals surface area contributed by atoms with Crippen molar-refractivity contribution in [2.24, 2.45) is 0 Å². The fourth-order valence-corrected chi connectivity index (χ4v) is 4.27. The third-order valence-corrected chi connectivity index (χ3v) is 6.00. The van der Waals surface area contributed by atoms with Gasteiger partial charge in [-0.15, -0.1) is 0 Å². The standard InChI is InChI=1S/C25H20FN7O3/c26-16-7-9-17(10-8-16)27-23-28-24(30-25(29-23)32-11-13-36-14-12-32)31-33-21(34)18-5-1-3-15-4-2-6-19(20(15)18)22(33)35/h1-10H,11-14H2,(H2,27,28,29,30,31). The van der Waals surface area contributed by atoms with E-state index < -0.39 is 11.8 Å². The van der Waals surface area contributed by atoms with Gasteiger partial charge in [-0.1, -0.05) is 24.3 Å². The van der Waals surface area contributed by atoms with E-state index in [4.69, 9.17) is 4.74 Å². The molecule has 0 radical (unpaired) electrons. The van der Waals surface area contributed by atoms with E-state index in [-0.39, 0.29) is 17.7 Å². The average molecular weight is 485 g/mol. The molecule has 3 heterocycles. The zero-order valence-corrected chi connectivity index (χ0v) is 18.9. The van der Waals surface area contributed by atoms with E-state index in [0.717, 1.165) is 10.4 Å². The first kappa shape index (κ1) is 21.9. The fourth-order valence-electron chi connectivity index (χ4n) is 4.27. The van der Waals surface area contributed by atoms with Crippen LogP contribution in [0.25, 0.3) is 10.8 Å². The summed E-state index contributed by atoms with van der Waals surface area (Å²) >= 11 is 0. The van der Waals surface area contributed by atoms with Crippen LogP contribution in [0.4, 0.5) is 27.9 Å². The highest BCUT2D eigenvalue weighted by molar-refractivity contribution is 6.25. The molecule has 6 rings (SSSR count). The van der Waals surface area contributed by atoms with Gasteiger partial charge in [0.05, 0.1) is 24.3 Å². The van der Waals surface area contributed by atoms with Gasteiger partial charge in [0, 0.05) is 24.2 Å². The van der Waals surface area contributed by atoms with Crippen molar-refractivity contribution in [3.05, 3.63) is 77.6 Å². The minimum Gasteiger partial charge on any atom is -0.378 e. The van der Waals surface area contributed by atoms with E-state index in [1.165, 1.54) is 12.1 Å². The van der Waals surface area contributed by atoms with E-state index in [0.29, 0.717) is 54.5 Å². The summed E-state index contributed by atoms with van der Waals surface area (Å²) in [6.07, 6.45) is 0. The number of carbonyl (C=O) groups is 2. The topological polar surface area (TPSA) is 113 Å². The number of hydrazine groups is 1. The Bertz CT molecular complexity index is 1440. The highest BCUT2D eigenvalue weighted by Crippen LogP contribution is 2.30. The van der Waals surface area contributed by atoms with Crippen LogP contribution < -0.4 is 15.6 Å². The first-order valence-corrected chi connectivity index (χ1v) is 11.4. The van der Waals surface area contributed by atoms with Crippen LogP contribution in [0.3, 0.4) is 0 Å². The molecule has 0 bridgehead atoms. The summed E-state index contributed by atoms with van der Waals surface area (Å²) in [5.74, 6) is -0.870. The summed E-state index contributed by atoms with van der Waals surface area (Å²) in [6, 6.07) is 16.4. The van der Waals surface area contributed by atoms with Crippen LogP contribution in [0, 0.1) is 5.82 Å². The summed E-state index contributed by atoms with van der Waals surface area (Å²) in [5.41, 5.74) is 4.17. The SMILES string of the molecule is O=C1c2cccc3cccc(c23)C(=O)N1Nc1nc(Nc2ccc(F)cc2)nc(N2CCOCC2)n1. The minimum atomic E-state index is -0.509. The second-order valence-electron chi connectivity index (χ2n) is 8.28. The summed E-state index contributed by atoms with van der Waals surface area (Å²) in [4.78, 5) is 41.9. The Balaban J connectivity index is 1.36. The average Bonchev–Trinajstić information content (AvgIpc) is 2.91. The first-order chi connectivity index (χ1) is 17.6. The number of nitrogens with one attached hydrogen (secondary N) is 2. The molecule has 4 aromatic rings. The molecule has 2 N–H and O–H groups in total. The van der Waals surface area contributed by atoms with Crippen molar-refractivity contribution in [1.82, 2.24) is 20.0 Å². The predicted octanol–water partition coefficient (Wildman–Crippen LogP) is 3.37. The lowest BCUT2D eigenvalue weighted by molar-refractivity contribution is 0.0647. The number of aromatic nitrogens is 3. The van der Waals surface area contributed by atoms with Crippen LogP contribution in [0.5, 0.6) is 0 Å². The quantitative estimate of drug-likeness (QED) is 0.411. The lowest BCUT2D eigenvalue weighted by Gasteiger charge is -2.29. The van der Waals surface area contributed by atoms with Crippen LogP contribution in [-0.4, -0.2) is 58.1 Å². The zero-order valence-electron chi connectivity index (χ0n) is 18.9. The first-order valence-electron chi connectivity index (χ1n) is 11.4. The van der Waals surface area contributed by atoms with E-state index >= 15 is 0 Å². The third kappa shape index (κ3) is 3.95. The number of nitrogens with zero attached hydrogens (tertiary/aromatic N) is 5. The monoisotopic (exact) mass is 485 g/mol. The Kier molecular flexibility index (Phi) is 5.38. The van der Waals surface area contributed by atoms with Gasteiger partial charge < -0.3 is 15.0 Å². The maximum absolute atomic E-state index is 13.4. The highest BCUT2D eigenvalue weighted by atomic mass is 19.1. The molecular formula is C25H20FN7O3. The Labute approximate surface area is 204 Å². The van der Waals surface area contributed by atoms with Gasteiger partial charge in [-0.05, 0) is 41.8 Å². The molecule has 0 spiro atoms. The molecule has 0 saturated carbocycles. The number of rotatable bonds is 5. The number of imide groups is 1. The molecule has 0 unspecified atom stereocenters. The van der Waals surface area contributed by atoms with Gasteiger partial charge in [0.15, 0.2) is 0 Å². The molecule has 3 aromatic carbocycles. The molecule has 2 aliphatic heterocycles. The maximum Gasteiger partial charge on any atom is 0.280 e.